The van der Waals surface area contributed by atoms with Gasteiger partial charge in [-0.1, -0.05) is 0 Å². The molecule has 88 valence electrons. The highest BCUT2D eigenvalue weighted by atomic mass is 32.2. The van der Waals surface area contributed by atoms with Crippen LogP contribution < -0.4 is 5.73 Å². The number of hydrogen-bond donors (Lipinski definition) is 1. The maximum absolute atomic E-state index is 11.7. The molecule has 15 heavy (non-hydrogen) atoms. The summed E-state index contributed by atoms with van der Waals surface area (Å²) in [4.78, 5) is 13.7. The fourth-order valence-corrected chi connectivity index (χ4v) is 2.40. The van der Waals surface area contributed by atoms with E-state index in [-0.39, 0.29) is 6.04 Å². The maximum atomic E-state index is 11.7. The predicted octanol–water partition coefficient (Wildman–Crippen LogP) is 1.33. The average Bonchev–Trinajstić information content (AvgIpc) is 2.26. The Labute approximate surface area is 96.8 Å². The number of amides is 1. The van der Waals surface area contributed by atoms with Gasteiger partial charge in [-0.25, -0.2) is 0 Å². The fraction of sp³-hybridized carbons (Fsp3) is 0.909. The monoisotopic (exact) mass is 230 g/mol. The van der Waals surface area contributed by atoms with E-state index in [1.807, 2.05) is 11.2 Å². The van der Waals surface area contributed by atoms with E-state index in [0.717, 1.165) is 31.7 Å². The second-order valence-corrected chi connectivity index (χ2v) is 5.31. The average molecular weight is 230 g/mol. The van der Waals surface area contributed by atoms with Gasteiger partial charge in [0.05, 0.1) is 0 Å². The van der Waals surface area contributed by atoms with Crippen LogP contribution in [0.25, 0.3) is 0 Å². The Morgan fingerprint density at radius 1 is 1.53 bits per heavy atom. The summed E-state index contributed by atoms with van der Waals surface area (Å²) in [7, 11) is 0. The SMILES string of the molecule is CSCCC(=O)N1CCC(C(C)N)CC1. The van der Waals surface area contributed by atoms with E-state index in [9.17, 15) is 4.79 Å². The minimum Gasteiger partial charge on any atom is -0.343 e. The van der Waals surface area contributed by atoms with Crippen LogP contribution in [0.3, 0.4) is 0 Å². The van der Waals surface area contributed by atoms with E-state index in [4.69, 9.17) is 5.73 Å². The van der Waals surface area contributed by atoms with E-state index in [2.05, 4.69) is 6.92 Å². The summed E-state index contributed by atoms with van der Waals surface area (Å²) in [5, 5.41) is 0. The minimum atomic E-state index is 0.272. The molecule has 0 aliphatic carbocycles. The molecule has 2 N–H and O–H groups in total. The van der Waals surface area contributed by atoms with Crippen LogP contribution in [-0.2, 0) is 4.79 Å². The summed E-state index contributed by atoms with van der Waals surface area (Å²) < 4.78 is 0. The van der Waals surface area contributed by atoms with Crippen LogP contribution in [0.5, 0.6) is 0 Å². The number of carbonyl (C=O) groups is 1. The molecule has 1 fully saturated rings. The number of nitrogens with two attached hydrogens (primary N) is 1. The van der Waals surface area contributed by atoms with Gasteiger partial charge < -0.3 is 10.6 Å². The summed E-state index contributed by atoms with van der Waals surface area (Å²) in [6.45, 7) is 3.87. The van der Waals surface area contributed by atoms with Crippen molar-refractivity contribution in [1.29, 1.82) is 0 Å². The zero-order valence-corrected chi connectivity index (χ0v) is 10.6. The van der Waals surface area contributed by atoms with Gasteiger partial charge in [0.15, 0.2) is 0 Å². The Bertz CT molecular complexity index is 201. The molecule has 0 bridgehead atoms. The summed E-state index contributed by atoms with van der Waals surface area (Å²) in [5.74, 6) is 1.86. The first-order valence-electron chi connectivity index (χ1n) is 5.67. The van der Waals surface area contributed by atoms with Crippen LogP contribution in [0.2, 0.25) is 0 Å². The van der Waals surface area contributed by atoms with Gasteiger partial charge in [0.1, 0.15) is 0 Å². The van der Waals surface area contributed by atoms with Gasteiger partial charge >= 0.3 is 0 Å². The molecule has 0 aromatic rings. The van der Waals surface area contributed by atoms with Crippen molar-refractivity contribution >= 4 is 17.7 Å². The van der Waals surface area contributed by atoms with E-state index in [0.29, 0.717) is 18.2 Å². The molecule has 0 radical (unpaired) electrons. The van der Waals surface area contributed by atoms with Crippen molar-refractivity contribution in [2.45, 2.75) is 32.2 Å². The highest BCUT2D eigenvalue weighted by molar-refractivity contribution is 7.98. The molecule has 0 saturated carbocycles. The summed E-state index contributed by atoms with van der Waals surface area (Å²) >= 11 is 1.73. The Hall–Kier alpha value is -0.220. The zero-order chi connectivity index (χ0) is 11.3. The third kappa shape index (κ3) is 4.03. The van der Waals surface area contributed by atoms with Gasteiger partial charge in [-0.2, -0.15) is 11.8 Å². The van der Waals surface area contributed by atoms with E-state index < -0.39 is 0 Å². The number of thioether (sulfide) groups is 1. The highest BCUT2D eigenvalue weighted by Gasteiger charge is 2.24. The number of likely N-dealkylation sites (tertiary alicyclic amines) is 1. The van der Waals surface area contributed by atoms with Crippen molar-refractivity contribution in [3.8, 4) is 0 Å². The first-order valence-corrected chi connectivity index (χ1v) is 7.07. The molecule has 1 atom stereocenters. The first kappa shape index (κ1) is 12.8. The van der Waals surface area contributed by atoms with Gasteiger partial charge in [-0.3, -0.25) is 4.79 Å². The minimum absolute atomic E-state index is 0.272. The summed E-state index contributed by atoms with van der Waals surface area (Å²) in [6.07, 6.45) is 4.87. The van der Waals surface area contributed by atoms with Crippen molar-refractivity contribution in [1.82, 2.24) is 4.90 Å². The Morgan fingerprint density at radius 2 is 2.13 bits per heavy atom. The first-order chi connectivity index (χ1) is 7.15. The molecular weight excluding hydrogens is 208 g/mol. The van der Waals surface area contributed by atoms with Crippen molar-refractivity contribution in [3.63, 3.8) is 0 Å². The lowest BCUT2D eigenvalue weighted by atomic mass is 9.91. The maximum Gasteiger partial charge on any atom is 0.223 e. The molecule has 1 unspecified atom stereocenters. The van der Waals surface area contributed by atoms with Crippen molar-refractivity contribution in [2.24, 2.45) is 11.7 Å². The second-order valence-electron chi connectivity index (χ2n) is 4.32. The molecule has 0 aromatic heterocycles. The number of piperidine rings is 1. The topological polar surface area (TPSA) is 46.3 Å². The number of rotatable bonds is 4. The van der Waals surface area contributed by atoms with Gasteiger partial charge in [0.25, 0.3) is 0 Å². The third-order valence-corrected chi connectivity index (χ3v) is 3.77. The molecule has 1 rings (SSSR count). The molecule has 1 amide bonds. The van der Waals surface area contributed by atoms with Crippen molar-refractivity contribution < 1.29 is 4.79 Å². The lowest BCUT2D eigenvalue weighted by molar-refractivity contribution is -0.132. The molecule has 3 nitrogen and oxygen atoms in total. The van der Waals surface area contributed by atoms with Crippen LogP contribution in [0.4, 0.5) is 0 Å². The van der Waals surface area contributed by atoms with Gasteiger partial charge in [0, 0.05) is 31.3 Å². The lowest BCUT2D eigenvalue weighted by Crippen LogP contribution is -2.42. The van der Waals surface area contributed by atoms with Crippen LogP contribution >= 0.6 is 11.8 Å². The highest BCUT2D eigenvalue weighted by Crippen LogP contribution is 2.20. The molecule has 4 heteroatoms. The summed E-state index contributed by atoms with van der Waals surface area (Å²) in [5.41, 5.74) is 5.86. The van der Waals surface area contributed by atoms with Crippen LogP contribution in [0.1, 0.15) is 26.2 Å². The van der Waals surface area contributed by atoms with E-state index in [1.54, 1.807) is 11.8 Å². The van der Waals surface area contributed by atoms with Crippen LogP contribution in [0.15, 0.2) is 0 Å². The van der Waals surface area contributed by atoms with Crippen molar-refractivity contribution in [3.05, 3.63) is 0 Å². The smallest absolute Gasteiger partial charge is 0.223 e. The van der Waals surface area contributed by atoms with Crippen LogP contribution in [-0.4, -0.2) is 41.9 Å². The van der Waals surface area contributed by atoms with E-state index >= 15 is 0 Å². The standard InChI is InChI=1S/C11H22N2OS/c1-9(12)10-3-6-13(7-4-10)11(14)5-8-15-2/h9-10H,3-8,12H2,1-2H3. The molecule has 1 saturated heterocycles. The summed E-state index contributed by atoms with van der Waals surface area (Å²) in [6, 6.07) is 0.272. The molecule has 1 heterocycles. The Morgan fingerprint density at radius 3 is 2.60 bits per heavy atom. The third-order valence-electron chi connectivity index (χ3n) is 3.16. The number of hydrogen-bond acceptors (Lipinski definition) is 3. The van der Waals surface area contributed by atoms with E-state index in [1.165, 1.54) is 0 Å². The second kappa shape index (κ2) is 6.38. The van der Waals surface area contributed by atoms with Gasteiger partial charge in [-0.15, -0.1) is 0 Å². The zero-order valence-electron chi connectivity index (χ0n) is 9.74. The normalized spacial score (nSPS) is 20.3. The molecular formula is C11H22N2OS. The Kier molecular flexibility index (Phi) is 5.47. The molecule has 0 aromatic carbocycles. The van der Waals surface area contributed by atoms with Gasteiger partial charge in [-0.05, 0) is 31.9 Å². The molecule has 1 aliphatic rings. The number of carbonyl (C=O) groups excluding carboxylic acids is 1. The lowest BCUT2D eigenvalue weighted by Gasteiger charge is -2.33. The number of nitrogens with zero attached hydrogens (tertiary/aromatic N) is 1. The predicted molar refractivity (Wildman–Crippen MR) is 66.0 cm³/mol. The molecule has 0 spiro atoms. The van der Waals surface area contributed by atoms with Crippen LogP contribution in [0, 0.1) is 5.92 Å². The fourth-order valence-electron chi connectivity index (χ4n) is 2.02. The van der Waals surface area contributed by atoms with Crippen molar-refractivity contribution in [2.75, 3.05) is 25.1 Å². The van der Waals surface area contributed by atoms with Gasteiger partial charge in [0.2, 0.25) is 5.91 Å². The molecule has 1 aliphatic heterocycles. The quantitative estimate of drug-likeness (QED) is 0.792. The Balaban J connectivity index is 2.27. The largest absolute Gasteiger partial charge is 0.343 e.